The van der Waals surface area contributed by atoms with Gasteiger partial charge in [-0.15, -0.1) is 0 Å². The van der Waals surface area contributed by atoms with E-state index in [0.29, 0.717) is 12.0 Å². The van der Waals surface area contributed by atoms with E-state index < -0.39 is 0 Å². The Hall–Kier alpha value is -4.38. The van der Waals surface area contributed by atoms with Crippen molar-refractivity contribution in [1.29, 1.82) is 0 Å². The predicted molar refractivity (Wildman–Crippen MR) is 130 cm³/mol. The van der Waals surface area contributed by atoms with E-state index in [4.69, 9.17) is 5.10 Å². The highest BCUT2D eigenvalue weighted by Crippen LogP contribution is 2.39. The molecule has 6 rings (SSSR count). The summed E-state index contributed by atoms with van der Waals surface area (Å²) < 4.78 is 1.59. The van der Waals surface area contributed by atoms with Crippen LogP contribution in [0.1, 0.15) is 23.0 Å². The van der Waals surface area contributed by atoms with Crippen LogP contribution in [0, 0.1) is 0 Å². The minimum absolute atomic E-state index is 0.102. The topological polar surface area (TPSA) is 60.7 Å². The fourth-order valence-corrected chi connectivity index (χ4v) is 4.63. The summed E-state index contributed by atoms with van der Waals surface area (Å²) >= 11 is 0. The molecule has 0 bridgehead atoms. The summed E-state index contributed by atoms with van der Waals surface area (Å²) in [4.78, 5) is 22.4. The number of pyridine rings is 2. The molecule has 0 N–H and O–H groups in total. The van der Waals surface area contributed by atoms with Gasteiger partial charge in [0.2, 0.25) is 0 Å². The first-order valence-electron chi connectivity index (χ1n) is 10.9. The number of carbonyl (C=O) groups excluding carboxylic acids is 1. The van der Waals surface area contributed by atoms with Crippen LogP contribution in [0.5, 0.6) is 0 Å². The summed E-state index contributed by atoms with van der Waals surface area (Å²) in [6.45, 7) is 2.04. The van der Waals surface area contributed by atoms with Crippen molar-refractivity contribution >= 4 is 22.4 Å². The number of fused-ring (bicyclic) bond motifs is 2. The number of nitrogens with zero attached hydrogens (tertiary/aromatic N) is 4. The van der Waals surface area contributed by atoms with Gasteiger partial charge in [-0.25, -0.2) is 0 Å². The molecule has 0 unspecified atom stereocenters. The van der Waals surface area contributed by atoms with Crippen molar-refractivity contribution in [1.82, 2.24) is 19.7 Å². The molecular weight excluding hydrogens is 408 g/mol. The van der Waals surface area contributed by atoms with Crippen LogP contribution in [0.4, 0.5) is 0 Å². The standard InChI is InChI=1S/C28H20N4O/c1-18-16-24-26(19-6-3-2-4-7-19)27(20-11-14-29-15-12-20)31-32(24)28(33)25(18)22-9-10-23-21(17-22)8-5-13-30-23/h2-15,17H,16H2,1H3. The molecule has 3 aromatic heterocycles. The molecule has 5 heteroatoms. The second kappa shape index (κ2) is 7.64. The molecule has 33 heavy (non-hydrogen) atoms. The summed E-state index contributed by atoms with van der Waals surface area (Å²) in [6.07, 6.45) is 5.93. The highest BCUT2D eigenvalue weighted by Gasteiger charge is 2.31. The maximum absolute atomic E-state index is 13.8. The lowest BCUT2D eigenvalue weighted by Gasteiger charge is -2.20. The fraction of sp³-hybridized carbons (Fsp3) is 0.0714. The van der Waals surface area contributed by atoms with Crippen LogP contribution >= 0.6 is 0 Å². The van der Waals surface area contributed by atoms with Gasteiger partial charge < -0.3 is 0 Å². The van der Waals surface area contributed by atoms with E-state index in [1.54, 1.807) is 23.3 Å². The van der Waals surface area contributed by atoms with Crippen molar-refractivity contribution in [3.8, 4) is 22.4 Å². The SMILES string of the molecule is CC1=C(c2ccc3ncccc3c2)C(=O)n2nc(-c3ccncc3)c(-c3ccccc3)c2C1. The molecule has 158 valence electrons. The fourth-order valence-electron chi connectivity index (χ4n) is 4.63. The van der Waals surface area contributed by atoms with E-state index in [2.05, 4.69) is 22.1 Å². The first-order valence-corrected chi connectivity index (χ1v) is 10.9. The lowest BCUT2D eigenvalue weighted by molar-refractivity contribution is 0.0958. The normalized spacial score (nSPS) is 13.4. The quantitative estimate of drug-likeness (QED) is 0.363. The summed E-state index contributed by atoms with van der Waals surface area (Å²) in [5, 5.41) is 5.85. The van der Waals surface area contributed by atoms with Crippen LogP contribution < -0.4 is 0 Å². The Kier molecular flexibility index (Phi) is 4.47. The smallest absolute Gasteiger partial charge is 0.267 e. The predicted octanol–water partition coefficient (Wildman–Crippen LogP) is 5.83. The molecule has 1 aliphatic heterocycles. The average Bonchev–Trinajstić information content (AvgIpc) is 3.24. The Morgan fingerprint density at radius 3 is 2.45 bits per heavy atom. The van der Waals surface area contributed by atoms with Crippen LogP contribution in [0.2, 0.25) is 0 Å². The maximum atomic E-state index is 13.8. The molecular formula is C28H20N4O. The van der Waals surface area contributed by atoms with Crippen molar-refractivity contribution in [2.75, 3.05) is 0 Å². The van der Waals surface area contributed by atoms with Crippen molar-refractivity contribution in [3.63, 3.8) is 0 Å². The molecule has 0 saturated heterocycles. The van der Waals surface area contributed by atoms with E-state index in [1.165, 1.54) is 0 Å². The van der Waals surface area contributed by atoms with Gasteiger partial charge in [0.25, 0.3) is 5.91 Å². The minimum Gasteiger partial charge on any atom is -0.267 e. The van der Waals surface area contributed by atoms with E-state index in [0.717, 1.165) is 50.1 Å². The Morgan fingerprint density at radius 2 is 1.64 bits per heavy atom. The Morgan fingerprint density at radius 1 is 0.818 bits per heavy atom. The van der Waals surface area contributed by atoms with Gasteiger partial charge in [-0.05, 0) is 48.4 Å². The number of hydrogen-bond acceptors (Lipinski definition) is 4. The first kappa shape index (κ1) is 19.3. The van der Waals surface area contributed by atoms with Gasteiger partial charge in [0, 0.05) is 47.1 Å². The largest absolute Gasteiger partial charge is 0.279 e. The van der Waals surface area contributed by atoms with Crippen LogP contribution in [-0.2, 0) is 6.42 Å². The third-order valence-corrected chi connectivity index (χ3v) is 6.15. The molecule has 0 fully saturated rings. The molecule has 2 aromatic carbocycles. The number of rotatable bonds is 3. The molecule has 0 radical (unpaired) electrons. The molecule has 0 spiro atoms. The summed E-state index contributed by atoms with van der Waals surface area (Å²) in [5.41, 5.74) is 8.24. The lowest BCUT2D eigenvalue weighted by Crippen LogP contribution is -2.23. The molecule has 0 atom stereocenters. The average molecular weight is 428 g/mol. The highest BCUT2D eigenvalue weighted by atomic mass is 16.2. The minimum atomic E-state index is -0.102. The van der Waals surface area contributed by atoms with E-state index in [9.17, 15) is 4.79 Å². The van der Waals surface area contributed by atoms with Crippen LogP contribution in [0.25, 0.3) is 38.9 Å². The van der Waals surface area contributed by atoms with Crippen LogP contribution in [-0.4, -0.2) is 25.7 Å². The van der Waals surface area contributed by atoms with E-state index in [1.807, 2.05) is 67.6 Å². The summed E-state index contributed by atoms with van der Waals surface area (Å²) in [5.74, 6) is -0.102. The number of benzene rings is 2. The first-order chi connectivity index (χ1) is 16.2. The van der Waals surface area contributed by atoms with E-state index in [-0.39, 0.29) is 5.91 Å². The zero-order valence-electron chi connectivity index (χ0n) is 18.1. The molecule has 1 aliphatic rings. The number of aromatic nitrogens is 4. The van der Waals surface area contributed by atoms with Gasteiger partial charge >= 0.3 is 0 Å². The third-order valence-electron chi connectivity index (χ3n) is 6.15. The van der Waals surface area contributed by atoms with Crippen molar-refractivity contribution < 1.29 is 4.79 Å². The zero-order valence-corrected chi connectivity index (χ0v) is 18.1. The van der Waals surface area contributed by atoms with Crippen molar-refractivity contribution in [2.45, 2.75) is 13.3 Å². The van der Waals surface area contributed by atoms with E-state index >= 15 is 0 Å². The van der Waals surface area contributed by atoms with Gasteiger partial charge in [0.05, 0.1) is 11.2 Å². The molecule has 0 saturated carbocycles. The highest BCUT2D eigenvalue weighted by molar-refractivity contribution is 6.23. The van der Waals surface area contributed by atoms with Gasteiger partial charge in [0.1, 0.15) is 5.69 Å². The van der Waals surface area contributed by atoms with Gasteiger partial charge in [0.15, 0.2) is 0 Å². The molecule has 4 heterocycles. The van der Waals surface area contributed by atoms with Gasteiger partial charge in [-0.2, -0.15) is 9.78 Å². The van der Waals surface area contributed by atoms with Crippen LogP contribution in [0.3, 0.4) is 0 Å². The molecule has 0 amide bonds. The van der Waals surface area contributed by atoms with Gasteiger partial charge in [-0.1, -0.05) is 48.0 Å². The summed E-state index contributed by atoms with van der Waals surface area (Å²) in [6, 6.07) is 23.9. The number of hydrogen-bond donors (Lipinski definition) is 0. The second-order valence-corrected chi connectivity index (χ2v) is 8.23. The molecule has 5 nitrogen and oxygen atoms in total. The zero-order chi connectivity index (χ0) is 22.4. The third kappa shape index (κ3) is 3.17. The van der Waals surface area contributed by atoms with Crippen molar-refractivity contribution in [3.05, 3.63) is 108 Å². The Balaban J connectivity index is 1.54. The summed E-state index contributed by atoms with van der Waals surface area (Å²) in [7, 11) is 0. The van der Waals surface area contributed by atoms with Gasteiger partial charge in [-0.3, -0.25) is 14.8 Å². The number of allylic oxidation sites excluding steroid dienone is 2. The molecule has 5 aromatic rings. The molecule has 0 aliphatic carbocycles. The lowest BCUT2D eigenvalue weighted by atomic mass is 9.90. The van der Waals surface area contributed by atoms with Crippen LogP contribution in [0.15, 0.2) is 97.0 Å². The Labute approximate surface area is 191 Å². The monoisotopic (exact) mass is 428 g/mol. The Bertz CT molecular complexity index is 1550. The van der Waals surface area contributed by atoms with Crippen molar-refractivity contribution in [2.24, 2.45) is 0 Å². The number of carbonyl (C=O) groups is 1. The second-order valence-electron chi connectivity index (χ2n) is 8.23. The maximum Gasteiger partial charge on any atom is 0.279 e.